The number of rotatable bonds is 3. The third-order valence-corrected chi connectivity index (χ3v) is 2.32. The van der Waals surface area contributed by atoms with E-state index in [-0.39, 0.29) is 11.8 Å². The zero-order valence-electron chi connectivity index (χ0n) is 9.47. The Hall–Kier alpha value is -1.91. The molecule has 0 saturated carbocycles. The van der Waals surface area contributed by atoms with Crippen LogP contribution in [0.2, 0.25) is 0 Å². The molecule has 5 heteroatoms. The maximum Gasteiger partial charge on any atom is 0.230 e. The van der Waals surface area contributed by atoms with Crippen LogP contribution in [0.1, 0.15) is 36.1 Å². The van der Waals surface area contributed by atoms with E-state index in [0.717, 1.165) is 5.56 Å². The molecule has 0 aliphatic carbocycles. The van der Waals surface area contributed by atoms with Crippen LogP contribution in [0.3, 0.4) is 0 Å². The van der Waals surface area contributed by atoms with Crippen molar-refractivity contribution in [3.63, 3.8) is 0 Å². The van der Waals surface area contributed by atoms with Gasteiger partial charge in [0, 0.05) is 12.2 Å². The van der Waals surface area contributed by atoms with E-state index < -0.39 is 0 Å². The lowest BCUT2D eigenvalue weighted by Crippen LogP contribution is -1.99. The second-order valence-corrected chi connectivity index (χ2v) is 3.89. The van der Waals surface area contributed by atoms with Crippen LogP contribution in [0.25, 0.3) is 11.5 Å². The lowest BCUT2D eigenvalue weighted by Gasteiger charge is -2.02. The van der Waals surface area contributed by atoms with Crippen molar-refractivity contribution in [1.82, 2.24) is 14.8 Å². The lowest BCUT2D eigenvalue weighted by atomic mass is 10.3. The highest BCUT2D eigenvalue weighted by Crippen LogP contribution is 2.21. The predicted octanol–water partition coefficient (Wildman–Crippen LogP) is 2.24. The largest absolute Gasteiger partial charge is 0.433 e. The molecule has 2 aromatic heterocycles. The number of nitrogens with zero attached hydrogens (tertiary/aromatic N) is 3. The number of hydrogen-bond acceptors (Lipinski definition) is 4. The number of oxazole rings is 1. The minimum atomic E-state index is 0.271. The first-order valence-electron chi connectivity index (χ1n) is 5.09. The second-order valence-electron chi connectivity index (χ2n) is 3.89. The number of aryl methyl sites for hydroxylation is 1. The quantitative estimate of drug-likeness (QED) is 0.743. The highest BCUT2D eigenvalue weighted by molar-refractivity contribution is 5.73. The zero-order valence-corrected chi connectivity index (χ0v) is 9.47. The Morgan fingerprint density at radius 1 is 1.50 bits per heavy atom. The first kappa shape index (κ1) is 10.6. The predicted molar refractivity (Wildman–Crippen MR) is 58.2 cm³/mol. The number of carbonyl (C=O) groups is 1. The summed E-state index contributed by atoms with van der Waals surface area (Å²) in [6.07, 6.45) is 4.20. The summed E-state index contributed by atoms with van der Waals surface area (Å²) in [5, 5.41) is 4.19. The van der Waals surface area contributed by atoms with Crippen molar-refractivity contribution in [1.29, 1.82) is 0 Å². The molecule has 0 aliphatic rings. The molecule has 0 radical (unpaired) electrons. The van der Waals surface area contributed by atoms with Gasteiger partial charge in [0.15, 0.2) is 12.0 Å². The van der Waals surface area contributed by atoms with Gasteiger partial charge in [0.05, 0.1) is 17.5 Å². The Balaban J connectivity index is 2.38. The van der Waals surface area contributed by atoms with Crippen LogP contribution in [-0.2, 0) is 0 Å². The van der Waals surface area contributed by atoms with Crippen LogP contribution in [0.4, 0.5) is 0 Å². The molecule has 2 heterocycles. The van der Waals surface area contributed by atoms with Gasteiger partial charge in [-0.25, -0.2) is 4.98 Å². The SMILES string of the molecule is Cc1nc(-c2cnn(C(C)C)c2)oc1C=O. The average Bonchev–Trinajstić information content (AvgIpc) is 2.83. The number of aromatic nitrogens is 3. The van der Waals surface area contributed by atoms with Crippen LogP contribution in [0, 0.1) is 6.92 Å². The average molecular weight is 219 g/mol. The fourth-order valence-corrected chi connectivity index (χ4v) is 1.37. The molecular formula is C11H13N3O2. The minimum Gasteiger partial charge on any atom is -0.433 e. The van der Waals surface area contributed by atoms with Crippen molar-refractivity contribution in [2.24, 2.45) is 0 Å². The monoisotopic (exact) mass is 219 g/mol. The highest BCUT2D eigenvalue weighted by atomic mass is 16.4. The summed E-state index contributed by atoms with van der Waals surface area (Å²) in [6, 6.07) is 0.287. The summed E-state index contributed by atoms with van der Waals surface area (Å²) in [4.78, 5) is 14.8. The molecule has 2 rings (SSSR count). The normalized spacial score (nSPS) is 11.0. The van der Waals surface area contributed by atoms with Gasteiger partial charge in [-0.1, -0.05) is 0 Å². The Morgan fingerprint density at radius 3 is 2.75 bits per heavy atom. The first-order valence-corrected chi connectivity index (χ1v) is 5.09. The summed E-state index contributed by atoms with van der Waals surface area (Å²) >= 11 is 0. The standard InChI is InChI=1S/C11H13N3O2/c1-7(2)14-5-9(4-12-14)11-13-8(3)10(6-15)16-11/h4-7H,1-3H3. The van der Waals surface area contributed by atoms with Crippen molar-refractivity contribution in [3.8, 4) is 11.5 Å². The van der Waals surface area contributed by atoms with Gasteiger partial charge in [0.25, 0.3) is 0 Å². The lowest BCUT2D eigenvalue weighted by molar-refractivity contribution is 0.110. The molecule has 84 valence electrons. The van der Waals surface area contributed by atoms with Crippen LogP contribution < -0.4 is 0 Å². The molecule has 0 saturated heterocycles. The highest BCUT2D eigenvalue weighted by Gasteiger charge is 2.12. The summed E-state index contributed by atoms with van der Waals surface area (Å²) in [5.41, 5.74) is 1.38. The molecular weight excluding hydrogens is 206 g/mol. The van der Waals surface area contributed by atoms with E-state index in [2.05, 4.69) is 10.1 Å². The van der Waals surface area contributed by atoms with Crippen LogP contribution in [-0.4, -0.2) is 21.1 Å². The maximum atomic E-state index is 10.6. The molecule has 2 aromatic rings. The first-order chi connectivity index (χ1) is 7.61. The number of carbonyl (C=O) groups excluding carboxylic acids is 1. The van der Waals surface area contributed by atoms with Crippen molar-refractivity contribution < 1.29 is 9.21 Å². The Labute approximate surface area is 93.1 Å². The van der Waals surface area contributed by atoms with Crippen LogP contribution in [0.15, 0.2) is 16.8 Å². The molecule has 0 aromatic carbocycles. The summed E-state index contributed by atoms with van der Waals surface area (Å²) < 4.78 is 7.13. The van der Waals surface area contributed by atoms with Crippen molar-refractivity contribution in [3.05, 3.63) is 23.8 Å². The number of aldehydes is 1. The molecule has 0 spiro atoms. The van der Waals surface area contributed by atoms with E-state index in [1.54, 1.807) is 13.1 Å². The minimum absolute atomic E-state index is 0.271. The van der Waals surface area contributed by atoms with Gasteiger partial charge in [-0.3, -0.25) is 9.48 Å². The third kappa shape index (κ3) is 1.76. The molecule has 0 N–H and O–H groups in total. The van der Waals surface area contributed by atoms with Crippen LogP contribution >= 0.6 is 0 Å². The van der Waals surface area contributed by atoms with Crippen molar-refractivity contribution >= 4 is 6.29 Å². The number of hydrogen-bond donors (Lipinski definition) is 0. The van der Waals surface area contributed by atoms with E-state index >= 15 is 0 Å². The maximum absolute atomic E-state index is 10.6. The molecule has 0 atom stereocenters. The molecule has 0 aliphatic heterocycles. The fourth-order valence-electron chi connectivity index (χ4n) is 1.37. The second kappa shape index (κ2) is 3.92. The topological polar surface area (TPSA) is 60.9 Å². The van der Waals surface area contributed by atoms with Crippen molar-refractivity contribution in [2.75, 3.05) is 0 Å². The van der Waals surface area contributed by atoms with Gasteiger partial charge in [-0.05, 0) is 20.8 Å². The summed E-state index contributed by atoms with van der Waals surface area (Å²) in [6.45, 7) is 5.81. The molecule has 0 amide bonds. The summed E-state index contributed by atoms with van der Waals surface area (Å²) in [7, 11) is 0. The molecule has 5 nitrogen and oxygen atoms in total. The molecule has 16 heavy (non-hydrogen) atoms. The molecule has 0 fully saturated rings. The third-order valence-electron chi connectivity index (χ3n) is 2.32. The van der Waals surface area contributed by atoms with Gasteiger partial charge in [-0.2, -0.15) is 5.10 Å². The van der Waals surface area contributed by atoms with E-state index in [1.165, 1.54) is 0 Å². The van der Waals surface area contributed by atoms with E-state index in [9.17, 15) is 4.79 Å². The van der Waals surface area contributed by atoms with Gasteiger partial charge in [-0.15, -0.1) is 0 Å². The van der Waals surface area contributed by atoms with Gasteiger partial charge < -0.3 is 4.42 Å². The van der Waals surface area contributed by atoms with Gasteiger partial charge in [0.2, 0.25) is 5.89 Å². The van der Waals surface area contributed by atoms with E-state index in [1.807, 2.05) is 24.7 Å². The van der Waals surface area contributed by atoms with Gasteiger partial charge >= 0.3 is 0 Å². The van der Waals surface area contributed by atoms with Crippen LogP contribution in [0.5, 0.6) is 0 Å². The Morgan fingerprint density at radius 2 is 2.25 bits per heavy atom. The zero-order chi connectivity index (χ0) is 11.7. The Bertz CT molecular complexity index is 511. The molecule has 0 unspecified atom stereocenters. The smallest absolute Gasteiger partial charge is 0.230 e. The molecule has 0 bridgehead atoms. The Kier molecular flexibility index (Phi) is 2.60. The summed E-state index contributed by atoms with van der Waals surface area (Å²) in [5.74, 6) is 0.707. The van der Waals surface area contributed by atoms with Gasteiger partial charge in [0.1, 0.15) is 0 Å². The fraction of sp³-hybridized carbons (Fsp3) is 0.364. The van der Waals surface area contributed by atoms with Crippen molar-refractivity contribution in [2.45, 2.75) is 26.8 Å². The van der Waals surface area contributed by atoms with E-state index in [0.29, 0.717) is 17.9 Å². The van der Waals surface area contributed by atoms with E-state index in [4.69, 9.17) is 4.42 Å².